The molecule has 0 saturated heterocycles. The highest BCUT2D eigenvalue weighted by Gasteiger charge is 2.17. The van der Waals surface area contributed by atoms with Crippen molar-refractivity contribution in [1.82, 2.24) is 5.32 Å². The maximum Gasteiger partial charge on any atom is 0.253 e. The Kier molecular flexibility index (Phi) is 6.59. The Morgan fingerprint density at radius 2 is 1.76 bits per heavy atom. The topological polar surface area (TPSA) is 58.2 Å². The minimum absolute atomic E-state index is 0.0555. The third-order valence-corrected chi connectivity index (χ3v) is 4.49. The average molecular weight is 359 g/mol. The average Bonchev–Trinajstić information content (AvgIpc) is 2.63. The zero-order valence-corrected chi connectivity index (χ0v) is 15.4. The molecular formula is C20H23ClN2O2. The molecule has 0 spiro atoms. The number of anilines is 1. The van der Waals surface area contributed by atoms with E-state index in [9.17, 15) is 9.59 Å². The Morgan fingerprint density at radius 3 is 2.40 bits per heavy atom. The molecule has 0 aromatic heterocycles. The molecule has 5 heteroatoms. The van der Waals surface area contributed by atoms with Gasteiger partial charge in [0.15, 0.2) is 0 Å². The van der Waals surface area contributed by atoms with E-state index in [1.165, 1.54) is 0 Å². The lowest BCUT2D eigenvalue weighted by atomic mass is 10.0. The van der Waals surface area contributed by atoms with Crippen LogP contribution in [0.15, 0.2) is 48.5 Å². The van der Waals surface area contributed by atoms with E-state index in [0.717, 1.165) is 12.0 Å². The fourth-order valence-corrected chi connectivity index (χ4v) is 2.53. The van der Waals surface area contributed by atoms with Crippen LogP contribution >= 0.6 is 11.6 Å². The highest BCUT2D eigenvalue weighted by atomic mass is 35.5. The van der Waals surface area contributed by atoms with Crippen molar-refractivity contribution in [3.63, 3.8) is 0 Å². The van der Waals surface area contributed by atoms with Gasteiger partial charge in [0.05, 0.1) is 16.5 Å². The molecule has 0 radical (unpaired) electrons. The molecule has 2 amide bonds. The van der Waals surface area contributed by atoms with Crippen molar-refractivity contribution in [2.75, 3.05) is 5.32 Å². The molecule has 0 bridgehead atoms. The second kappa shape index (κ2) is 8.67. The van der Waals surface area contributed by atoms with Crippen molar-refractivity contribution in [2.45, 2.75) is 39.2 Å². The highest BCUT2D eigenvalue weighted by Crippen LogP contribution is 2.23. The van der Waals surface area contributed by atoms with Crippen molar-refractivity contribution in [2.24, 2.45) is 0 Å². The molecule has 0 aliphatic heterocycles. The molecule has 0 saturated carbocycles. The van der Waals surface area contributed by atoms with Gasteiger partial charge in [-0.05, 0) is 44.0 Å². The number of benzene rings is 2. The second-order valence-corrected chi connectivity index (χ2v) is 6.51. The summed E-state index contributed by atoms with van der Waals surface area (Å²) in [4.78, 5) is 24.8. The number of hydrogen-bond acceptors (Lipinski definition) is 2. The first-order chi connectivity index (χ1) is 11.9. The number of nitrogens with one attached hydrogen (secondary N) is 2. The molecule has 2 rings (SSSR count). The molecule has 2 N–H and O–H groups in total. The molecule has 25 heavy (non-hydrogen) atoms. The summed E-state index contributed by atoms with van der Waals surface area (Å²) in [5.41, 5.74) is 1.84. The van der Waals surface area contributed by atoms with Gasteiger partial charge in [0.25, 0.3) is 5.91 Å². The largest absolute Gasteiger partial charge is 0.350 e. The smallest absolute Gasteiger partial charge is 0.253 e. The number of halogens is 1. The van der Waals surface area contributed by atoms with Crippen molar-refractivity contribution in [3.05, 3.63) is 64.7 Å². The van der Waals surface area contributed by atoms with E-state index in [-0.39, 0.29) is 23.8 Å². The number of carbonyl (C=O) groups is 2. The lowest BCUT2D eigenvalue weighted by Gasteiger charge is -2.15. The Bertz CT molecular complexity index is 747. The van der Waals surface area contributed by atoms with Crippen LogP contribution < -0.4 is 10.6 Å². The first-order valence-corrected chi connectivity index (χ1v) is 8.76. The summed E-state index contributed by atoms with van der Waals surface area (Å²) < 4.78 is 0. The van der Waals surface area contributed by atoms with Crippen molar-refractivity contribution < 1.29 is 9.59 Å². The van der Waals surface area contributed by atoms with Crippen LogP contribution in [-0.2, 0) is 4.79 Å². The van der Waals surface area contributed by atoms with E-state index >= 15 is 0 Å². The van der Waals surface area contributed by atoms with Crippen LogP contribution in [0.2, 0.25) is 5.02 Å². The predicted molar refractivity (Wildman–Crippen MR) is 102 cm³/mol. The van der Waals surface area contributed by atoms with E-state index < -0.39 is 0 Å². The Hall–Kier alpha value is -2.33. The maximum atomic E-state index is 12.5. The first kappa shape index (κ1) is 19.0. The first-order valence-electron chi connectivity index (χ1n) is 8.38. The van der Waals surface area contributed by atoms with Crippen LogP contribution in [0.25, 0.3) is 0 Å². The summed E-state index contributed by atoms with van der Waals surface area (Å²) in [6.07, 6.45) is 0.828. The number of amides is 2. The third-order valence-electron chi connectivity index (χ3n) is 4.16. The summed E-state index contributed by atoms with van der Waals surface area (Å²) in [5, 5.41) is 6.09. The SMILES string of the molecule is CC[C@H](C)NC(=O)c1cc(NC(=O)[C@H](C)c2ccccc2)ccc1Cl. The predicted octanol–water partition coefficient (Wildman–Crippen LogP) is 4.61. The molecule has 2 aromatic rings. The third kappa shape index (κ3) is 5.07. The molecule has 132 valence electrons. The molecule has 0 unspecified atom stereocenters. The lowest BCUT2D eigenvalue weighted by Crippen LogP contribution is -2.32. The number of carbonyl (C=O) groups excluding carboxylic acids is 2. The van der Waals surface area contributed by atoms with Crippen LogP contribution in [0.5, 0.6) is 0 Å². The van der Waals surface area contributed by atoms with E-state index in [4.69, 9.17) is 11.6 Å². The van der Waals surface area contributed by atoms with Gasteiger partial charge in [-0.25, -0.2) is 0 Å². The quantitative estimate of drug-likeness (QED) is 0.792. The minimum atomic E-state index is -0.297. The molecule has 0 heterocycles. The highest BCUT2D eigenvalue weighted by molar-refractivity contribution is 6.34. The summed E-state index contributed by atoms with van der Waals surface area (Å²) in [6.45, 7) is 5.77. The van der Waals surface area contributed by atoms with Gasteiger partial charge in [0, 0.05) is 11.7 Å². The molecule has 0 aliphatic carbocycles. The zero-order chi connectivity index (χ0) is 18.4. The second-order valence-electron chi connectivity index (χ2n) is 6.10. The van der Waals surface area contributed by atoms with Crippen LogP contribution in [-0.4, -0.2) is 17.9 Å². The summed E-state index contributed by atoms with van der Waals surface area (Å²) in [7, 11) is 0. The summed E-state index contributed by atoms with van der Waals surface area (Å²) in [5.74, 6) is -0.678. The van der Waals surface area contributed by atoms with Gasteiger partial charge in [0.2, 0.25) is 5.91 Å². The normalized spacial score (nSPS) is 13.0. The van der Waals surface area contributed by atoms with Crippen LogP contribution in [0.4, 0.5) is 5.69 Å². The van der Waals surface area contributed by atoms with E-state index in [2.05, 4.69) is 10.6 Å². The number of rotatable bonds is 6. The standard InChI is InChI=1S/C20H23ClN2O2/c1-4-13(2)22-20(25)17-12-16(10-11-18(17)21)23-19(24)14(3)15-8-6-5-7-9-15/h5-14H,4H2,1-3H3,(H,22,25)(H,23,24)/t13-,14+/m0/s1. The van der Waals surface area contributed by atoms with Gasteiger partial charge in [0.1, 0.15) is 0 Å². The minimum Gasteiger partial charge on any atom is -0.350 e. The monoisotopic (exact) mass is 358 g/mol. The van der Waals surface area contributed by atoms with E-state index in [0.29, 0.717) is 16.3 Å². The molecular weight excluding hydrogens is 336 g/mol. The van der Waals surface area contributed by atoms with Gasteiger partial charge in [-0.3, -0.25) is 9.59 Å². The van der Waals surface area contributed by atoms with Gasteiger partial charge >= 0.3 is 0 Å². The van der Waals surface area contributed by atoms with Crippen molar-refractivity contribution in [1.29, 1.82) is 0 Å². The van der Waals surface area contributed by atoms with Crippen molar-refractivity contribution >= 4 is 29.1 Å². The fourth-order valence-electron chi connectivity index (χ4n) is 2.32. The Labute approximate surface area is 153 Å². The van der Waals surface area contributed by atoms with E-state index in [1.54, 1.807) is 18.2 Å². The van der Waals surface area contributed by atoms with Crippen LogP contribution in [0.3, 0.4) is 0 Å². The van der Waals surface area contributed by atoms with Crippen LogP contribution in [0, 0.1) is 0 Å². The molecule has 2 atom stereocenters. The van der Waals surface area contributed by atoms with Gasteiger partial charge in [-0.15, -0.1) is 0 Å². The Morgan fingerprint density at radius 1 is 1.08 bits per heavy atom. The molecule has 2 aromatic carbocycles. The van der Waals surface area contributed by atoms with Gasteiger partial charge in [-0.2, -0.15) is 0 Å². The van der Waals surface area contributed by atoms with Crippen molar-refractivity contribution in [3.8, 4) is 0 Å². The van der Waals surface area contributed by atoms with Crippen LogP contribution in [0.1, 0.15) is 49.0 Å². The fraction of sp³-hybridized carbons (Fsp3) is 0.300. The summed E-state index contributed by atoms with van der Waals surface area (Å²) >= 11 is 6.14. The summed E-state index contributed by atoms with van der Waals surface area (Å²) in [6, 6.07) is 14.5. The molecule has 4 nitrogen and oxygen atoms in total. The van der Waals surface area contributed by atoms with E-state index in [1.807, 2.05) is 51.1 Å². The molecule has 0 fully saturated rings. The zero-order valence-electron chi connectivity index (χ0n) is 14.7. The van der Waals surface area contributed by atoms with Gasteiger partial charge in [-0.1, -0.05) is 48.9 Å². The maximum absolute atomic E-state index is 12.5. The lowest BCUT2D eigenvalue weighted by molar-refractivity contribution is -0.117. The number of hydrogen-bond donors (Lipinski definition) is 2. The molecule has 0 aliphatic rings. The Balaban J connectivity index is 2.14. The van der Waals surface area contributed by atoms with Gasteiger partial charge < -0.3 is 10.6 Å².